The van der Waals surface area contributed by atoms with E-state index >= 15 is 0 Å². The van der Waals surface area contributed by atoms with E-state index in [-0.39, 0.29) is 11.8 Å². The van der Waals surface area contributed by atoms with Gasteiger partial charge in [-0.15, -0.1) is 0 Å². The van der Waals surface area contributed by atoms with Crippen molar-refractivity contribution in [3.63, 3.8) is 0 Å². The molecule has 1 N–H and O–H groups in total. The Morgan fingerprint density at radius 2 is 1.90 bits per heavy atom. The number of aliphatic hydroxyl groups is 1. The van der Waals surface area contributed by atoms with Crippen molar-refractivity contribution >= 4 is 17.6 Å². The first-order chi connectivity index (χ1) is 14.6. The average Bonchev–Trinajstić information content (AvgIpc) is 2.75. The van der Waals surface area contributed by atoms with Crippen LogP contribution in [0.4, 0.5) is 0 Å². The summed E-state index contributed by atoms with van der Waals surface area (Å²) in [6.07, 6.45) is -1.22. The van der Waals surface area contributed by atoms with Crippen LogP contribution in [0.2, 0.25) is 5.15 Å². The van der Waals surface area contributed by atoms with Crippen molar-refractivity contribution in [3.8, 4) is 11.5 Å². The molecule has 8 heteroatoms. The molecule has 2 heterocycles. The van der Waals surface area contributed by atoms with Crippen LogP contribution in [0.25, 0.3) is 0 Å². The van der Waals surface area contributed by atoms with Gasteiger partial charge in [-0.1, -0.05) is 23.7 Å². The Morgan fingerprint density at radius 3 is 2.52 bits per heavy atom. The number of pyridine rings is 1. The smallest absolute Gasteiger partial charge is 0.322 e. The third-order valence-electron chi connectivity index (χ3n) is 6.08. The number of halogens is 1. The summed E-state index contributed by atoms with van der Waals surface area (Å²) in [4.78, 5) is 19.4. The molecule has 3 rings (SSSR count). The van der Waals surface area contributed by atoms with Crippen LogP contribution in [0.15, 0.2) is 30.3 Å². The Morgan fingerprint density at radius 1 is 1.19 bits per heavy atom. The lowest BCUT2D eigenvalue weighted by Crippen LogP contribution is -2.63. The summed E-state index contributed by atoms with van der Waals surface area (Å²) in [5, 5.41) is 11.8. The van der Waals surface area contributed by atoms with E-state index in [4.69, 9.17) is 25.8 Å². The maximum absolute atomic E-state index is 13.1. The summed E-state index contributed by atoms with van der Waals surface area (Å²) in [6, 6.07) is 9.06. The fourth-order valence-electron chi connectivity index (χ4n) is 4.15. The molecule has 0 amide bonds. The third kappa shape index (κ3) is 3.86. The number of hydrogen-bond donors (Lipinski definition) is 1. The van der Waals surface area contributed by atoms with Gasteiger partial charge in [-0.2, -0.15) is 0 Å². The number of benzene rings is 1. The van der Waals surface area contributed by atoms with E-state index < -0.39 is 23.2 Å². The van der Waals surface area contributed by atoms with Crippen LogP contribution < -0.4 is 9.47 Å². The number of aliphatic hydroxyl groups excluding tert-OH is 1. The number of aromatic nitrogens is 1. The Hall–Kier alpha value is -2.35. The van der Waals surface area contributed by atoms with Gasteiger partial charge in [-0.05, 0) is 45.4 Å². The number of rotatable bonds is 6. The van der Waals surface area contributed by atoms with E-state index in [9.17, 15) is 9.90 Å². The van der Waals surface area contributed by atoms with E-state index in [1.54, 1.807) is 40.2 Å². The van der Waals surface area contributed by atoms with Gasteiger partial charge < -0.3 is 19.3 Å². The fraction of sp³-hybridized carbons (Fsp3) is 0.478. The molecule has 7 nitrogen and oxygen atoms in total. The number of carbonyl (C=O) groups is 1. The highest BCUT2D eigenvalue weighted by atomic mass is 35.5. The quantitative estimate of drug-likeness (QED) is 0.533. The number of fused-ring (bicyclic) bond motifs is 1. The Labute approximate surface area is 187 Å². The third-order valence-corrected chi connectivity index (χ3v) is 6.29. The van der Waals surface area contributed by atoms with Gasteiger partial charge in [0.1, 0.15) is 28.3 Å². The number of methoxy groups -OCH3 is 2. The van der Waals surface area contributed by atoms with Gasteiger partial charge in [0.2, 0.25) is 0 Å². The lowest BCUT2D eigenvalue weighted by Gasteiger charge is -2.52. The average molecular weight is 449 g/mol. The van der Waals surface area contributed by atoms with E-state index in [1.165, 1.54) is 0 Å². The van der Waals surface area contributed by atoms with Crippen molar-refractivity contribution in [2.45, 2.75) is 51.4 Å². The van der Waals surface area contributed by atoms with Gasteiger partial charge in [0, 0.05) is 23.7 Å². The molecule has 0 saturated heterocycles. The standard InChI is InChI=1S/C23H29ClN2O5/c1-7-31-21(28)23(4)19-16(10-11-18(24)25-19)22(2,3)26(20(23)27)13-14-8-9-15(29-5)12-17(14)30-6/h8-12,20,27H,7,13H2,1-6H3. The zero-order valence-electron chi connectivity index (χ0n) is 18.7. The monoisotopic (exact) mass is 448 g/mol. The van der Waals surface area contributed by atoms with E-state index in [0.717, 1.165) is 11.1 Å². The van der Waals surface area contributed by atoms with Crippen LogP contribution >= 0.6 is 11.6 Å². The van der Waals surface area contributed by atoms with Crippen molar-refractivity contribution in [3.05, 3.63) is 52.3 Å². The highest BCUT2D eigenvalue weighted by Gasteiger charge is 2.57. The second kappa shape index (κ2) is 8.65. The highest BCUT2D eigenvalue weighted by molar-refractivity contribution is 6.29. The van der Waals surface area contributed by atoms with Gasteiger partial charge in [0.25, 0.3) is 0 Å². The Bertz CT molecular complexity index is 980. The molecule has 1 aliphatic rings. The van der Waals surface area contributed by atoms with Crippen molar-refractivity contribution in [2.75, 3.05) is 20.8 Å². The molecule has 0 fully saturated rings. The molecule has 31 heavy (non-hydrogen) atoms. The van der Waals surface area contributed by atoms with Crippen molar-refractivity contribution in [2.24, 2.45) is 0 Å². The highest BCUT2D eigenvalue weighted by Crippen LogP contribution is 2.47. The van der Waals surface area contributed by atoms with Crippen LogP contribution in [0, 0.1) is 0 Å². The second-order valence-electron chi connectivity index (χ2n) is 8.19. The molecule has 2 aromatic rings. The van der Waals surface area contributed by atoms with E-state index in [2.05, 4.69) is 4.98 Å². The molecule has 0 radical (unpaired) electrons. The molecule has 1 aromatic carbocycles. The summed E-state index contributed by atoms with van der Waals surface area (Å²) in [6.45, 7) is 7.83. The maximum atomic E-state index is 13.1. The molecular weight excluding hydrogens is 420 g/mol. The van der Waals surface area contributed by atoms with Gasteiger partial charge >= 0.3 is 5.97 Å². The Kier molecular flexibility index (Phi) is 6.51. The largest absolute Gasteiger partial charge is 0.497 e. The molecule has 0 bridgehead atoms. The second-order valence-corrected chi connectivity index (χ2v) is 8.58. The minimum atomic E-state index is -1.43. The van der Waals surface area contributed by atoms with Crippen LogP contribution in [0.1, 0.15) is 44.5 Å². The summed E-state index contributed by atoms with van der Waals surface area (Å²) in [5.41, 5.74) is -0.0273. The molecular formula is C23H29ClN2O5. The number of nitrogens with zero attached hydrogens (tertiary/aromatic N) is 2. The van der Waals surface area contributed by atoms with Gasteiger partial charge in [-0.3, -0.25) is 9.69 Å². The summed E-state index contributed by atoms with van der Waals surface area (Å²) in [7, 11) is 3.17. The lowest BCUT2D eigenvalue weighted by atomic mass is 9.71. The minimum Gasteiger partial charge on any atom is -0.497 e. The fourth-order valence-corrected chi connectivity index (χ4v) is 4.30. The first-order valence-corrected chi connectivity index (χ1v) is 10.5. The van der Waals surface area contributed by atoms with Crippen molar-refractivity contribution in [1.82, 2.24) is 9.88 Å². The van der Waals surface area contributed by atoms with Crippen molar-refractivity contribution < 1.29 is 24.1 Å². The predicted molar refractivity (Wildman–Crippen MR) is 117 cm³/mol. The molecule has 0 spiro atoms. The first-order valence-electron chi connectivity index (χ1n) is 10.1. The van der Waals surface area contributed by atoms with Crippen molar-refractivity contribution in [1.29, 1.82) is 0 Å². The topological polar surface area (TPSA) is 81.1 Å². The summed E-state index contributed by atoms with van der Waals surface area (Å²) < 4.78 is 16.2. The number of esters is 1. The molecule has 168 valence electrons. The van der Waals surface area contributed by atoms with Gasteiger partial charge in [-0.25, -0.2) is 4.98 Å². The lowest BCUT2D eigenvalue weighted by molar-refractivity contribution is -0.174. The van der Waals surface area contributed by atoms with Gasteiger partial charge in [0.05, 0.1) is 26.5 Å². The SMILES string of the molecule is CCOC(=O)C1(C)c2nc(Cl)ccc2C(C)(C)N(Cc2ccc(OC)cc2OC)C1O. The zero-order valence-corrected chi connectivity index (χ0v) is 19.5. The summed E-state index contributed by atoms with van der Waals surface area (Å²) in [5.74, 6) is 0.737. The molecule has 2 unspecified atom stereocenters. The maximum Gasteiger partial charge on any atom is 0.322 e. The van der Waals surface area contributed by atoms with Crippen LogP contribution in [-0.2, 0) is 27.0 Å². The molecule has 1 aliphatic heterocycles. The predicted octanol–water partition coefficient (Wildman–Crippen LogP) is 3.64. The van der Waals surface area contributed by atoms with Crippen LogP contribution in [0.5, 0.6) is 11.5 Å². The van der Waals surface area contributed by atoms with Gasteiger partial charge in [0.15, 0.2) is 0 Å². The number of hydrogen-bond acceptors (Lipinski definition) is 7. The molecule has 0 saturated carbocycles. The molecule has 1 aromatic heterocycles. The van der Waals surface area contributed by atoms with E-state index in [1.807, 2.05) is 36.9 Å². The normalized spacial score (nSPS) is 22.5. The van der Waals surface area contributed by atoms with Crippen LogP contribution in [0.3, 0.4) is 0 Å². The Balaban J connectivity index is 2.16. The minimum absolute atomic E-state index is 0.187. The van der Waals surface area contributed by atoms with Crippen LogP contribution in [-0.4, -0.2) is 48.0 Å². The number of carbonyl (C=O) groups excluding carboxylic acids is 1. The molecule has 2 atom stereocenters. The van der Waals surface area contributed by atoms with E-state index in [0.29, 0.717) is 23.7 Å². The first kappa shape index (κ1) is 23.3. The zero-order chi connectivity index (χ0) is 23.0. The molecule has 0 aliphatic carbocycles. The summed E-state index contributed by atoms with van der Waals surface area (Å²) >= 11 is 6.17. The number of ether oxygens (including phenoxy) is 3.